The fraction of sp³-hybridized carbons (Fsp3) is 0. The maximum Gasteiger partial charge on any atom is 0.175 e. The molecule has 0 saturated carbocycles. The summed E-state index contributed by atoms with van der Waals surface area (Å²) in [5.41, 5.74) is 0. The Morgan fingerprint density at radius 3 is 1.44 bits per heavy atom. The number of aromatic nitrogens is 2. The van der Waals surface area contributed by atoms with Gasteiger partial charge in [0.15, 0.2) is 7.91 Å². The summed E-state index contributed by atoms with van der Waals surface area (Å²) in [4.78, 5) is 0. The van der Waals surface area contributed by atoms with Crippen molar-refractivity contribution in [3.8, 4) is 0 Å². The second-order valence-corrected chi connectivity index (χ2v) is 3.28. The number of hydrogen-bond acceptors (Lipinski definition) is 3. The predicted octanol–water partition coefficient (Wildman–Crippen LogP) is 1.10. The van der Waals surface area contributed by atoms with E-state index in [1.807, 2.05) is 0 Å². The third-order valence-corrected chi connectivity index (χ3v) is 1.73. The molecule has 0 bridgehead atoms. The summed E-state index contributed by atoms with van der Waals surface area (Å²) in [6.45, 7) is 0. The summed E-state index contributed by atoms with van der Waals surface area (Å²) >= 11 is 10.8. The minimum absolute atomic E-state index is 0. The number of aromatic amines is 2. The van der Waals surface area contributed by atoms with Gasteiger partial charge in [0.2, 0.25) is 0 Å². The maximum absolute atomic E-state index is 4.70. The average molecular weight is 196 g/mol. The van der Waals surface area contributed by atoms with Gasteiger partial charge >= 0.3 is 0 Å². The first-order chi connectivity index (χ1) is 3.29. The van der Waals surface area contributed by atoms with E-state index >= 15 is 0 Å². The molecule has 0 aliphatic rings. The second kappa shape index (κ2) is 6.69. The topological polar surface area (TPSA) is 31.6 Å². The van der Waals surface area contributed by atoms with E-state index in [-0.39, 0.29) is 59.1 Å². The van der Waals surface area contributed by atoms with Crippen LogP contribution in [-0.2, 0) is 0 Å². The minimum atomic E-state index is 0. The van der Waals surface area contributed by atoms with E-state index in [1.54, 1.807) is 0 Å². The molecule has 1 aromatic heterocycles. The van der Waals surface area contributed by atoms with Gasteiger partial charge in [0.1, 0.15) is 0 Å². The molecule has 0 atom stereocenters. The number of rotatable bonds is 0. The summed E-state index contributed by atoms with van der Waals surface area (Å²) in [5.74, 6) is 0. The molecule has 40 valence electrons. The molecular weight excluding hydrogens is 194 g/mol. The molecule has 7 heteroatoms. The van der Waals surface area contributed by atoms with Gasteiger partial charge in [-0.25, -0.2) is 0 Å². The molecule has 1 heterocycles. The molecule has 0 aliphatic carbocycles. The van der Waals surface area contributed by atoms with Crippen molar-refractivity contribution in [2.24, 2.45) is 0 Å². The Labute approximate surface area is 111 Å². The SMILES string of the molecule is S=c1[nH][nH]c(=S)s1.[Na].[Na]. The van der Waals surface area contributed by atoms with Crippen molar-refractivity contribution < 1.29 is 0 Å². The largest absolute Gasteiger partial charge is 0.281 e. The summed E-state index contributed by atoms with van der Waals surface area (Å²) in [6.07, 6.45) is 0. The smallest absolute Gasteiger partial charge is 0.175 e. The zero-order chi connectivity index (χ0) is 5.28. The van der Waals surface area contributed by atoms with Crippen molar-refractivity contribution in [3.05, 3.63) is 7.91 Å². The van der Waals surface area contributed by atoms with Gasteiger partial charge < -0.3 is 0 Å². The quantitative estimate of drug-likeness (QED) is 0.481. The van der Waals surface area contributed by atoms with Crippen LogP contribution in [0.3, 0.4) is 0 Å². The van der Waals surface area contributed by atoms with E-state index in [9.17, 15) is 0 Å². The van der Waals surface area contributed by atoms with Crippen molar-refractivity contribution in [3.63, 3.8) is 0 Å². The standard InChI is InChI=1S/C2H2N2S3.2Na/c5-1-3-4-2(6)7-1;;/h(H,3,5)(H,4,6);;. The fourth-order valence-corrected chi connectivity index (χ4v) is 1.37. The third-order valence-electron chi connectivity index (χ3n) is 0.452. The zero-order valence-electron chi connectivity index (χ0n) is 5.22. The van der Waals surface area contributed by atoms with E-state index in [1.165, 1.54) is 11.3 Å². The molecule has 0 amide bonds. The Morgan fingerprint density at radius 1 is 1.00 bits per heavy atom. The van der Waals surface area contributed by atoms with Gasteiger partial charge in [0, 0.05) is 59.1 Å². The first-order valence-electron chi connectivity index (χ1n) is 1.57. The van der Waals surface area contributed by atoms with Crippen molar-refractivity contribution in [2.45, 2.75) is 0 Å². The second-order valence-electron chi connectivity index (χ2n) is 0.927. The van der Waals surface area contributed by atoms with Crippen LogP contribution < -0.4 is 0 Å². The molecule has 1 rings (SSSR count). The fourth-order valence-electron chi connectivity index (χ4n) is 0.237. The van der Waals surface area contributed by atoms with Crippen LogP contribution in [0.5, 0.6) is 0 Å². The number of hydrogen-bond donors (Lipinski definition) is 2. The Balaban J connectivity index is 0. The van der Waals surface area contributed by atoms with Crippen LogP contribution in [-0.4, -0.2) is 69.3 Å². The molecule has 0 aliphatic heterocycles. The molecule has 0 aromatic carbocycles. The Morgan fingerprint density at radius 2 is 1.33 bits per heavy atom. The van der Waals surface area contributed by atoms with E-state index < -0.39 is 0 Å². The maximum atomic E-state index is 4.70. The van der Waals surface area contributed by atoms with Gasteiger partial charge in [-0.05, 0) is 24.4 Å². The number of nitrogens with one attached hydrogen (secondary N) is 2. The van der Waals surface area contributed by atoms with Gasteiger partial charge in [0.05, 0.1) is 0 Å². The summed E-state index contributed by atoms with van der Waals surface area (Å²) < 4.78 is 1.40. The summed E-state index contributed by atoms with van der Waals surface area (Å²) in [5, 5.41) is 5.34. The Bertz CT molecular complexity index is 222. The van der Waals surface area contributed by atoms with Gasteiger partial charge in [-0.3, -0.25) is 10.2 Å². The molecule has 2 radical (unpaired) electrons. The van der Waals surface area contributed by atoms with Crippen LogP contribution in [0.1, 0.15) is 0 Å². The molecule has 0 unspecified atom stereocenters. The van der Waals surface area contributed by atoms with Crippen LogP contribution >= 0.6 is 35.8 Å². The molecular formula is C2H2N2Na2S3. The van der Waals surface area contributed by atoms with E-state index in [0.717, 1.165) is 0 Å². The number of H-pyrrole nitrogens is 2. The van der Waals surface area contributed by atoms with Gasteiger partial charge in [0.25, 0.3) is 0 Å². The molecule has 1 aromatic rings. The molecule has 2 N–H and O–H groups in total. The van der Waals surface area contributed by atoms with Crippen LogP contribution in [0.15, 0.2) is 0 Å². The average Bonchev–Trinajstić information content (AvgIpc) is 1.87. The van der Waals surface area contributed by atoms with Gasteiger partial charge in [-0.2, -0.15) is 0 Å². The molecule has 2 nitrogen and oxygen atoms in total. The van der Waals surface area contributed by atoms with Crippen molar-refractivity contribution >= 4 is 94.9 Å². The van der Waals surface area contributed by atoms with Crippen LogP contribution in [0, 0.1) is 7.91 Å². The summed E-state index contributed by atoms with van der Waals surface area (Å²) in [7, 11) is 0. The predicted molar refractivity (Wildman–Crippen MR) is 46.2 cm³/mol. The van der Waals surface area contributed by atoms with E-state index in [0.29, 0.717) is 7.91 Å². The van der Waals surface area contributed by atoms with E-state index in [2.05, 4.69) is 10.2 Å². The van der Waals surface area contributed by atoms with Crippen molar-refractivity contribution in [1.29, 1.82) is 0 Å². The van der Waals surface area contributed by atoms with Gasteiger partial charge in [-0.15, -0.1) is 0 Å². The van der Waals surface area contributed by atoms with Crippen LogP contribution in [0.25, 0.3) is 0 Å². The third kappa shape index (κ3) is 5.29. The van der Waals surface area contributed by atoms with E-state index in [4.69, 9.17) is 24.4 Å². The first-order valence-corrected chi connectivity index (χ1v) is 3.20. The zero-order valence-corrected chi connectivity index (χ0v) is 11.7. The monoisotopic (exact) mass is 196 g/mol. The Kier molecular flexibility index (Phi) is 10.1. The minimum Gasteiger partial charge on any atom is -0.281 e. The summed E-state index contributed by atoms with van der Waals surface area (Å²) in [6, 6.07) is 0. The first kappa shape index (κ1) is 13.6. The van der Waals surface area contributed by atoms with Gasteiger partial charge in [-0.1, -0.05) is 11.3 Å². The molecule has 9 heavy (non-hydrogen) atoms. The molecule has 0 saturated heterocycles. The normalized spacial score (nSPS) is 7.11. The van der Waals surface area contributed by atoms with Crippen molar-refractivity contribution in [2.75, 3.05) is 0 Å². The van der Waals surface area contributed by atoms with Crippen molar-refractivity contribution in [1.82, 2.24) is 10.2 Å². The molecule has 0 spiro atoms. The van der Waals surface area contributed by atoms with Crippen LogP contribution in [0.2, 0.25) is 0 Å². The Hall–Kier alpha value is 2.00. The molecule has 0 fully saturated rings. The van der Waals surface area contributed by atoms with Crippen LogP contribution in [0.4, 0.5) is 0 Å².